The zero-order chi connectivity index (χ0) is 15.9. The predicted octanol–water partition coefficient (Wildman–Crippen LogP) is 3.32. The minimum absolute atomic E-state index is 0.0457. The van der Waals surface area contributed by atoms with Gasteiger partial charge < -0.3 is 15.7 Å². The molecule has 0 radical (unpaired) electrons. The van der Waals surface area contributed by atoms with E-state index < -0.39 is 12.5 Å². The molecule has 0 bridgehead atoms. The first-order valence-corrected chi connectivity index (χ1v) is 7.15. The molecule has 22 heavy (non-hydrogen) atoms. The van der Waals surface area contributed by atoms with Crippen LogP contribution in [0.4, 0.5) is 15.8 Å². The van der Waals surface area contributed by atoms with Crippen LogP contribution in [-0.2, 0) is 4.79 Å². The van der Waals surface area contributed by atoms with Gasteiger partial charge in [-0.1, -0.05) is 25.1 Å². The normalized spacial score (nSPS) is 11.8. The Balaban J connectivity index is 2.12. The van der Waals surface area contributed by atoms with Crippen LogP contribution in [-0.4, -0.2) is 17.6 Å². The van der Waals surface area contributed by atoms with E-state index in [1.807, 2.05) is 19.1 Å². The van der Waals surface area contributed by atoms with E-state index in [1.54, 1.807) is 24.3 Å². The van der Waals surface area contributed by atoms with Gasteiger partial charge in [-0.2, -0.15) is 0 Å². The molecule has 0 aliphatic carbocycles. The van der Waals surface area contributed by atoms with Gasteiger partial charge in [-0.15, -0.1) is 0 Å². The molecule has 2 aromatic carbocycles. The Bertz CT molecular complexity index is 629. The second-order valence-corrected chi connectivity index (χ2v) is 4.94. The number of aliphatic hydroxyl groups is 1. The molecule has 0 spiro atoms. The molecule has 0 aliphatic rings. The number of hydrogen-bond acceptors (Lipinski definition) is 3. The third-order valence-electron chi connectivity index (χ3n) is 3.31. The Morgan fingerprint density at radius 3 is 2.50 bits per heavy atom. The first-order valence-electron chi connectivity index (χ1n) is 7.15. The van der Waals surface area contributed by atoms with Crippen LogP contribution in [0, 0.1) is 5.82 Å². The quantitative estimate of drug-likeness (QED) is 0.767. The van der Waals surface area contributed by atoms with Crippen molar-refractivity contribution in [3.8, 4) is 0 Å². The van der Waals surface area contributed by atoms with Crippen molar-refractivity contribution in [1.82, 2.24) is 0 Å². The van der Waals surface area contributed by atoms with Gasteiger partial charge in [0.1, 0.15) is 12.4 Å². The first-order chi connectivity index (χ1) is 10.6. The van der Waals surface area contributed by atoms with E-state index in [2.05, 4.69) is 10.6 Å². The summed E-state index contributed by atoms with van der Waals surface area (Å²) in [6.45, 7) is 1.49. The lowest BCUT2D eigenvalue weighted by atomic mass is 10.0. The summed E-state index contributed by atoms with van der Waals surface area (Å²) >= 11 is 0. The van der Waals surface area contributed by atoms with Crippen molar-refractivity contribution in [2.24, 2.45) is 0 Å². The van der Waals surface area contributed by atoms with E-state index in [-0.39, 0.29) is 11.9 Å². The predicted molar refractivity (Wildman–Crippen MR) is 85.2 cm³/mol. The molecule has 1 atom stereocenters. The molecular formula is C17H19FN2O2. The highest BCUT2D eigenvalue weighted by Crippen LogP contribution is 2.24. The molecule has 2 rings (SSSR count). The summed E-state index contributed by atoms with van der Waals surface area (Å²) in [4.78, 5) is 11.2. The lowest BCUT2D eigenvalue weighted by Gasteiger charge is -2.19. The summed E-state index contributed by atoms with van der Waals surface area (Å²) in [5.41, 5.74) is 2.44. The maximum atomic E-state index is 13.0. The monoisotopic (exact) mass is 302 g/mol. The van der Waals surface area contributed by atoms with Crippen molar-refractivity contribution < 1.29 is 14.3 Å². The number of nitrogens with one attached hydrogen (secondary N) is 2. The van der Waals surface area contributed by atoms with Gasteiger partial charge in [0.05, 0.1) is 6.04 Å². The van der Waals surface area contributed by atoms with Crippen molar-refractivity contribution in [1.29, 1.82) is 0 Å². The Kier molecular flexibility index (Phi) is 5.49. The summed E-state index contributed by atoms with van der Waals surface area (Å²) in [7, 11) is 0. The highest BCUT2D eigenvalue weighted by molar-refractivity contribution is 5.91. The molecule has 2 aromatic rings. The zero-order valence-electron chi connectivity index (χ0n) is 12.3. The number of hydrogen-bond donors (Lipinski definition) is 3. The van der Waals surface area contributed by atoms with E-state index in [0.717, 1.165) is 17.7 Å². The lowest BCUT2D eigenvalue weighted by Crippen LogP contribution is -2.15. The Morgan fingerprint density at radius 1 is 1.18 bits per heavy atom. The number of carbonyl (C=O) groups excluding carboxylic acids is 1. The standard InChI is InChI=1S/C17H19FN2O2/c1-2-16(12-6-8-13(18)9-7-12)19-14-4-3-5-15(10-14)20-17(22)11-21/h3-10,16,19,21H,2,11H2,1H3,(H,20,22). The van der Waals surface area contributed by atoms with Gasteiger partial charge >= 0.3 is 0 Å². The minimum Gasteiger partial charge on any atom is -0.387 e. The average molecular weight is 302 g/mol. The second kappa shape index (κ2) is 7.56. The van der Waals surface area contributed by atoms with Crippen LogP contribution in [0.1, 0.15) is 24.9 Å². The van der Waals surface area contributed by atoms with E-state index in [9.17, 15) is 9.18 Å². The largest absolute Gasteiger partial charge is 0.387 e. The van der Waals surface area contributed by atoms with Gasteiger partial charge in [0.25, 0.3) is 0 Å². The molecule has 5 heteroatoms. The fourth-order valence-corrected chi connectivity index (χ4v) is 2.20. The maximum Gasteiger partial charge on any atom is 0.250 e. The number of benzene rings is 2. The van der Waals surface area contributed by atoms with Crippen molar-refractivity contribution in [2.45, 2.75) is 19.4 Å². The molecule has 116 valence electrons. The highest BCUT2D eigenvalue weighted by Gasteiger charge is 2.10. The lowest BCUT2D eigenvalue weighted by molar-refractivity contribution is -0.118. The molecule has 0 fully saturated rings. The molecule has 0 heterocycles. The number of carbonyl (C=O) groups is 1. The molecule has 0 saturated carbocycles. The molecule has 0 aromatic heterocycles. The van der Waals surface area contributed by atoms with Crippen LogP contribution in [0.2, 0.25) is 0 Å². The van der Waals surface area contributed by atoms with Crippen molar-refractivity contribution in [2.75, 3.05) is 17.2 Å². The van der Waals surface area contributed by atoms with Crippen LogP contribution in [0.3, 0.4) is 0 Å². The van der Waals surface area contributed by atoms with Gasteiger partial charge in [0.15, 0.2) is 0 Å². The van der Waals surface area contributed by atoms with Crippen LogP contribution in [0.5, 0.6) is 0 Å². The Labute approximate surface area is 129 Å². The van der Waals surface area contributed by atoms with E-state index in [0.29, 0.717) is 5.69 Å². The number of amides is 1. The molecule has 1 amide bonds. The topological polar surface area (TPSA) is 61.4 Å². The highest BCUT2D eigenvalue weighted by atomic mass is 19.1. The summed E-state index contributed by atoms with van der Waals surface area (Å²) in [5, 5.41) is 14.7. The van der Waals surface area contributed by atoms with Crippen molar-refractivity contribution in [3.05, 3.63) is 59.9 Å². The third kappa shape index (κ3) is 4.30. The van der Waals surface area contributed by atoms with Crippen molar-refractivity contribution in [3.63, 3.8) is 0 Å². The number of rotatable bonds is 6. The van der Waals surface area contributed by atoms with Gasteiger partial charge in [0, 0.05) is 11.4 Å². The summed E-state index contributed by atoms with van der Waals surface area (Å²) in [5.74, 6) is -0.713. The fourth-order valence-electron chi connectivity index (χ4n) is 2.20. The fraction of sp³-hybridized carbons (Fsp3) is 0.235. The summed E-state index contributed by atoms with van der Waals surface area (Å²) in [6, 6.07) is 13.7. The summed E-state index contributed by atoms with van der Waals surface area (Å²) < 4.78 is 13.0. The SMILES string of the molecule is CCC(Nc1cccc(NC(=O)CO)c1)c1ccc(F)cc1. The van der Waals surface area contributed by atoms with Gasteiger partial charge in [0.2, 0.25) is 5.91 Å². The first kappa shape index (κ1) is 16.0. The maximum absolute atomic E-state index is 13.0. The molecule has 4 nitrogen and oxygen atoms in total. The van der Waals surface area contributed by atoms with Crippen molar-refractivity contribution >= 4 is 17.3 Å². The Morgan fingerprint density at radius 2 is 1.86 bits per heavy atom. The van der Waals surface area contributed by atoms with Crippen LogP contribution in [0.15, 0.2) is 48.5 Å². The van der Waals surface area contributed by atoms with E-state index in [1.165, 1.54) is 12.1 Å². The van der Waals surface area contributed by atoms with Gasteiger partial charge in [-0.05, 0) is 42.3 Å². The van der Waals surface area contributed by atoms with Crippen LogP contribution >= 0.6 is 0 Å². The third-order valence-corrected chi connectivity index (χ3v) is 3.31. The van der Waals surface area contributed by atoms with E-state index in [4.69, 9.17) is 5.11 Å². The molecule has 1 unspecified atom stereocenters. The number of halogens is 1. The molecule has 0 saturated heterocycles. The zero-order valence-corrected chi connectivity index (χ0v) is 12.3. The van der Waals surface area contributed by atoms with Gasteiger partial charge in [-0.25, -0.2) is 4.39 Å². The second-order valence-electron chi connectivity index (χ2n) is 4.94. The number of aliphatic hydroxyl groups excluding tert-OH is 1. The number of anilines is 2. The molecular weight excluding hydrogens is 283 g/mol. The minimum atomic E-state index is -0.551. The molecule has 3 N–H and O–H groups in total. The van der Waals surface area contributed by atoms with Crippen LogP contribution in [0.25, 0.3) is 0 Å². The van der Waals surface area contributed by atoms with Gasteiger partial charge in [-0.3, -0.25) is 4.79 Å². The van der Waals surface area contributed by atoms with Crippen LogP contribution < -0.4 is 10.6 Å². The summed E-state index contributed by atoms with van der Waals surface area (Å²) in [6.07, 6.45) is 0.832. The molecule has 0 aliphatic heterocycles. The smallest absolute Gasteiger partial charge is 0.250 e. The Hall–Kier alpha value is -2.40. The van der Waals surface area contributed by atoms with E-state index >= 15 is 0 Å². The average Bonchev–Trinajstić information content (AvgIpc) is 2.54.